The van der Waals surface area contributed by atoms with Gasteiger partial charge in [-0.25, -0.2) is 4.79 Å². The molecular weight excluding hydrogens is 276 g/mol. The van der Waals surface area contributed by atoms with Crippen molar-refractivity contribution in [3.05, 3.63) is 32.7 Å². The van der Waals surface area contributed by atoms with Gasteiger partial charge in [0, 0.05) is 26.0 Å². The number of carbonyl (C=O) groups is 1. The third kappa shape index (κ3) is 1.63. The minimum absolute atomic E-state index is 0.0417. The molecule has 3 aromatic heterocycles. The summed E-state index contributed by atoms with van der Waals surface area (Å²) in [5, 5.41) is 0. The second-order valence-electron chi connectivity index (χ2n) is 4.98. The summed E-state index contributed by atoms with van der Waals surface area (Å²) >= 11 is 0. The maximum absolute atomic E-state index is 12.3. The predicted octanol–water partition coefficient (Wildman–Crippen LogP) is -1.52. The lowest BCUT2D eigenvalue weighted by Crippen LogP contribution is -2.37. The molecule has 9 heteroatoms. The molecule has 0 saturated carbocycles. The van der Waals surface area contributed by atoms with Crippen molar-refractivity contribution in [2.45, 2.75) is 13.5 Å². The number of hydrogen-bond acceptors (Lipinski definition) is 4. The standard InChI is InChI=1S/C12H14N6O3/c1-6-4-18-8-9(14-11(18)17(6)5-7(13)19)15(2)12(21)16(3)10(8)20/h4H,5H2,1-3H3,(H2,13,19). The van der Waals surface area contributed by atoms with Gasteiger partial charge in [-0.2, -0.15) is 4.98 Å². The van der Waals surface area contributed by atoms with Crippen molar-refractivity contribution in [1.29, 1.82) is 0 Å². The Morgan fingerprint density at radius 3 is 2.57 bits per heavy atom. The number of carbonyl (C=O) groups excluding carboxylic acids is 1. The summed E-state index contributed by atoms with van der Waals surface area (Å²) in [6.45, 7) is 1.75. The highest BCUT2D eigenvalue weighted by Crippen LogP contribution is 2.15. The lowest BCUT2D eigenvalue weighted by atomic mass is 10.5. The van der Waals surface area contributed by atoms with E-state index in [1.54, 1.807) is 29.1 Å². The highest BCUT2D eigenvalue weighted by atomic mass is 16.2. The van der Waals surface area contributed by atoms with Crippen molar-refractivity contribution >= 4 is 22.8 Å². The fraction of sp³-hybridized carbons (Fsp3) is 0.333. The Kier molecular flexibility index (Phi) is 2.55. The van der Waals surface area contributed by atoms with Crippen LogP contribution in [0.5, 0.6) is 0 Å². The van der Waals surface area contributed by atoms with Crippen molar-refractivity contribution in [3.63, 3.8) is 0 Å². The maximum Gasteiger partial charge on any atom is 0.332 e. The summed E-state index contributed by atoms with van der Waals surface area (Å²) in [6.07, 6.45) is 1.69. The molecule has 1 amide bonds. The van der Waals surface area contributed by atoms with E-state index in [1.807, 2.05) is 0 Å². The molecule has 110 valence electrons. The minimum Gasteiger partial charge on any atom is -0.368 e. The van der Waals surface area contributed by atoms with Crippen LogP contribution in [0.1, 0.15) is 5.69 Å². The van der Waals surface area contributed by atoms with Crippen LogP contribution in [-0.4, -0.2) is 29.0 Å². The first-order valence-corrected chi connectivity index (χ1v) is 6.25. The first-order valence-electron chi connectivity index (χ1n) is 6.25. The van der Waals surface area contributed by atoms with Gasteiger partial charge in [-0.15, -0.1) is 0 Å². The SMILES string of the molecule is Cc1cn2c3c(=O)n(C)c(=O)n(C)c3nc2n1CC(N)=O. The molecule has 0 aliphatic rings. The van der Waals surface area contributed by atoms with E-state index < -0.39 is 17.2 Å². The second-order valence-corrected chi connectivity index (χ2v) is 4.98. The van der Waals surface area contributed by atoms with Gasteiger partial charge in [0.1, 0.15) is 6.54 Å². The number of hydrogen-bond donors (Lipinski definition) is 1. The van der Waals surface area contributed by atoms with Crippen LogP contribution in [0, 0.1) is 6.92 Å². The Balaban J connectivity index is 2.54. The van der Waals surface area contributed by atoms with Crippen molar-refractivity contribution in [3.8, 4) is 0 Å². The van der Waals surface area contributed by atoms with Crippen molar-refractivity contribution in [2.75, 3.05) is 0 Å². The number of primary amides is 1. The topological polar surface area (TPSA) is 109 Å². The number of aromatic nitrogens is 5. The van der Waals surface area contributed by atoms with Crippen molar-refractivity contribution in [2.24, 2.45) is 19.8 Å². The van der Waals surface area contributed by atoms with Gasteiger partial charge in [0.05, 0.1) is 0 Å². The molecule has 0 saturated heterocycles. The second kappa shape index (κ2) is 4.08. The van der Waals surface area contributed by atoms with Gasteiger partial charge in [-0.05, 0) is 6.92 Å². The Hall–Kier alpha value is -2.84. The minimum atomic E-state index is -0.509. The summed E-state index contributed by atoms with van der Waals surface area (Å²) in [5.74, 6) is -0.107. The largest absolute Gasteiger partial charge is 0.368 e. The fourth-order valence-electron chi connectivity index (χ4n) is 2.48. The highest BCUT2D eigenvalue weighted by molar-refractivity contribution is 5.78. The average molecular weight is 290 g/mol. The monoisotopic (exact) mass is 290 g/mol. The smallest absolute Gasteiger partial charge is 0.332 e. The van der Waals surface area contributed by atoms with E-state index in [0.717, 1.165) is 10.3 Å². The number of nitrogens with two attached hydrogens (primary N) is 1. The van der Waals surface area contributed by atoms with Gasteiger partial charge in [0.25, 0.3) is 5.56 Å². The summed E-state index contributed by atoms with van der Waals surface area (Å²) < 4.78 is 5.51. The molecule has 3 rings (SSSR count). The van der Waals surface area contributed by atoms with Crippen LogP contribution in [0.2, 0.25) is 0 Å². The van der Waals surface area contributed by atoms with E-state index in [0.29, 0.717) is 11.3 Å². The molecule has 0 bridgehead atoms. The maximum atomic E-state index is 12.3. The van der Waals surface area contributed by atoms with Gasteiger partial charge >= 0.3 is 5.69 Å². The van der Waals surface area contributed by atoms with Crippen molar-refractivity contribution < 1.29 is 4.79 Å². The number of nitrogens with zero attached hydrogens (tertiary/aromatic N) is 5. The first kappa shape index (κ1) is 13.2. The molecule has 3 aromatic rings. The van der Waals surface area contributed by atoms with E-state index in [4.69, 9.17) is 5.73 Å². The number of rotatable bonds is 2. The van der Waals surface area contributed by atoms with E-state index >= 15 is 0 Å². The van der Waals surface area contributed by atoms with Gasteiger partial charge in [-0.1, -0.05) is 0 Å². The molecule has 0 aliphatic heterocycles. The van der Waals surface area contributed by atoms with Crippen LogP contribution in [0.3, 0.4) is 0 Å². The number of aryl methyl sites for hydroxylation is 2. The molecule has 2 N–H and O–H groups in total. The summed E-state index contributed by atoms with van der Waals surface area (Å²) in [7, 11) is 2.96. The molecule has 0 atom stereocenters. The quantitative estimate of drug-likeness (QED) is 0.618. The van der Waals surface area contributed by atoms with Crippen LogP contribution in [0.4, 0.5) is 0 Å². The summed E-state index contributed by atoms with van der Waals surface area (Å²) in [6, 6.07) is 0. The lowest BCUT2D eigenvalue weighted by Gasteiger charge is -2.02. The number of fused-ring (bicyclic) bond motifs is 3. The van der Waals surface area contributed by atoms with E-state index in [-0.39, 0.29) is 12.2 Å². The molecule has 9 nitrogen and oxygen atoms in total. The molecule has 0 radical (unpaired) electrons. The third-order valence-corrected chi connectivity index (χ3v) is 3.57. The first-order chi connectivity index (χ1) is 9.82. The molecule has 0 unspecified atom stereocenters. The van der Waals surface area contributed by atoms with Crippen LogP contribution >= 0.6 is 0 Å². The van der Waals surface area contributed by atoms with Gasteiger partial charge in [0.2, 0.25) is 11.7 Å². The van der Waals surface area contributed by atoms with Gasteiger partial charge in [0.15, 0.2) is 11.2 Å². The lowest BCUT2D eigenvalue weighted by molar-refractivity contribution is -0.118. The normalized spacial score (nSPS) is 11.6. The molecule has 3 heterocycles. The highest BCUT2D eigenvalue weighted by Gasteiger charge is 2.19. The molecular formula is C12H14N6O3. The molecule has 0 fully saturated rings. The van der Waals surface area contributed by atoms with Gasteiger partial charge < -0.3 is 10.3 Å². The van der Waals surface area contributed by atoms with Crippen LogP contribution in [0.25, 0.3) is 16.9 Å². The Morgan fingerprint density at radius 1 is 1.29 bits per heavy atom. The Labute approximate surface area is 117 Å². The van der Waals surface area contributed by atoms with Crippen LogP contribution in [-0.2, 0) is 25.4 Å². The number of amides is 1. The van der Waals surface area contributed by atoms with Crippen molar-refractivity contribution in [1.82, 2.24) is 23.1 Å². The van der Waals surface area contributed by atoms with Crippen LogP contribution in [0.15, 0.2) is 15.8 Å². The third-order valence-electron chi connectivity index (χ3n) is 3.57. The van der Waals surface area contributed by atoms with E-state index in [2.05, 4.69) is 4.98 Å². The molecule has 21 heavy (non-hydrogen) atoms. The molecule has 0 aromatic carbocycles. The van der Waals surface area contributed by atoms with Crippen LogP contribution < -0.4 is 17.0 Å². The summed E-state index contributed by atoms with van der Waals surface area (Å²) in [5.41, 5.74) is 5.65. The van der Waals surface area contributed by atoms with Gasteiger partial charge in [-0.3, -0.25) is 23.1 Å². The Morgan fingerprint density at radius 2 is 1.95 bits per heavy atom. The number of imidazole rings is 2. The molecule has 0 aliphatic carbocycles. The summed E-state index contributed by atoms with van der Waals surface area (Å²) in [4.78, 5) is 39.7. The molecule has 0 spiro atoms. The Bertz CT molecular complexity index is 1020. The zero-order valence-corrected chi connectivity index (χ0v) is 11.8. The zero-order valence-electron chi connectivity index (χ0n) is 11.8. The fourth-order valence-corrected chi connectivity index (χ4v) is 2.48. The predicted molar refractivity (Wildman–Crippen MR) is 75.1 cm³/mol. The average Bonchev–Trinajstić information content (AvgIpc) is 2.91. The zero-order chi connectivity index (χ0) is 15.5. The van der Waals surface area contributed by atoms with E-state index in [1.165, 1.54) is 11.6 Å². The van der Waals surface area contributed by atoms with E-state index in [9.17, 15) is 14.4 Å².